The number of benzene rings is 1. The number of urea groups is 1. The van der Waals surface area contributed by atoms with Crippen molar-refractivity contribution >= 4 is 11.9 Å². The van der Waals surface area contributed by atoms with Crippen molar-refractivity contribution in [1.29, 1.82) is 5.41 Å². The molecule has 0 aliphatic carbocycles. The summed E-state index contributed by atoms with van der Waals surface area (Å²) in [4.78, 5) is 13.7. The fraction of sp³-hybridized carbons (Fsp3) is 0.467. The van der Waals surface area contributed by atoms with Crippen LogP contribution in [0.4, 0.5) is 4.79 Å². The van der Waals surface area contributed by atoms with Crippen LogP contribution in [0.1, 0.15) is 41.6 Å². The molecule has 0 radical (unpaired) electrons. The van der Waals surface area contributed by atoms with E-state index in [1.807, 2.05) is 6.92 Å². The summed E-state index contributed by atoms with van der Waals surface area (Å²) in [5.41, 5.74) is 4.58. The van der Waals surface area contributed by atoms with Gasteiger partial charge in [0, 0.05) is 6.54 Å². The molecule has 2 amide bonds. The van der Waals surface area contributed by atoms with Gasteiger partial charge >= 0.3 is 6.03 Å². The summed E-state index contributed by atoms with van der Waals surface area (Å²) in [7, 11) is 0. The molecule has 0 saturated carbocycles. The molecule has 4 heteroatoms. The first-order chi connectivity index (χ1) is 8.95. The van der Waals surface area contributed by atoms with Gasteiger partial charge in [0.25, 0.3) is 0 Å². The average molecular weight is 259 g/mol. The zero-order chi connectivity index (χ0) is 14.2. The molecule has 4 nitrogen and oxygen atoms in total. The molecule has 1 unspecified atom stereocenters. The highest BCUT2D eigenvalue weighted by Gasteiger charge is 2.37. The Hall–Kier alpha value is -1.84. The van der Waals surface area contributed by atoms with Gasteiger partial charge in [-0.25, -0.2) is 4.79 Å². The fourth-order valence-corrected chi connectivity index (χ4v) is 2.92. The second kappa shape index (κ2) is 5.03. The van der Waals surface area contributed by atoms with Crippen LogP contribution in [0, 0.1) is 26.2 Å². The molecule has 102 valence electrons. The monoisotopic (exact) mass is 259 g/mol. The first-order valence-electron chi connectivity index (χ1n) is 6.69. The second-order valence-electron chi connectivity index (χ2n) is 5.25. The number of carbonyl (C=O) groups is 1. The SMILES string of the molecule is CCCN1C(=O)NC(=N)C1c1c(C)cc(C)cc1C. The highest BCUT2D eigenvalue weighted by atomic mass is 16.2. The van der Waals surface area contributed by atoms with Gasteiger partial charge in [-0.15, -0.1) is 0 Å². The van der Waals surface area contributed by atoms with E-state index in [0.717, 1.165) is 23.1 Å². The van der Waals surface area contributed by atoms with Crippen molar-refractivity contribution in [3.05, 3.63) is 34.4 Å². The van der Waals surface area contributed by atoms with Gasteiger partial charge in [-0.3, -0.25) is 10.7 Å². The molecular weight excluding hydrogens is 238 g/mol. The predicted octanol–water partition coefficient (Wildman–Crippen LogP) is 3.07. The van der Waals surface area contributed by atoms with Gasteiger partial charge < -0.3 is 4.90 Å². The highest BCUT2D eigenvalue weighted by Crippen LogP contribution is 2.31. The highest BCUT2D eigenvalue weighted by molar-refractivity contribution is 6.06. The average Bonchev–Trinajstić information content (AvgIpc) is 2.55. The zero-order valence-corrected chi connectivity index (χ0v) is 12.0. The molecule has 1 heterocycles. The number of rotatable bonds is 3. The van der Waals surface area contributed by atoms with Gasteiger partial charge in [-0.2, -0.15) is 0 Å². The van der Waals surface area contributed by atoms with Crippen LogP contribution in [-0.2, 0) is 0 Å². The lowest BCUT2D eigenvalue weighted by Crippen LogP contribution is -2.31. The van der Waals surface area contributed by atoms with Crippen LogP contribution < -0.4 is 5.32 Å². The minimum atomic E-state index is -0.256. The van der Waals surface area contributed by atoms with Gasteiger partial charge in [0.15, 0.2) is 0 Å². The standard InChI is InChI=1S/C15H21N3O/c1-5-6-18-13(14(16)17-15(18)19)12-10(3)7-9(2)8-11(12)4/h7-8,13H,5-6H2,1-4H3,(H2,16,17,19). The summed E-state index contributed by atoms with van der Waals surface area (Å²) in [6, 6.07) is 3.81. The Bertz CT molecular complexity index is 513. The van der Waals surface area contributed by atoms with Crippen molar-refractivity contribution in [2.45, 2.75) is 40.2 Å². The lowest BCUT2D eigenvalue weighted by Gasteiger charge is -2.25. The molecule has 1 aromatic carbocycles. The van der Waals surface area contributed by atoms with Crippen LogP contribution in [-0.4, -0.2) is 23.3 Å². The Labute approximate surface area is 114 Å². The van der Waals surface area contributed by atoms with Crippen LogP contribution in [0.2, 0.25) is 0 Å². The summed E-state index contributed by atoms with van der Waals surface area (Å²) < 4.78 is 0. The van der Waals surface area contributed by atoms with E-state index < -0.39 is 0 Å². The van der Waals surface area contributed by atoms with E-state index in [9.17, 15) is 4.79 Å². The Kier molecular flexibility index (Phi) is 3.60. The van der Waals surface area contributed by atoms with E-state index in [1.54, 1.807) is 4.90 Å². The van der Waals surface area contributed by atoms with E-state index in [2.05, 4.69) is 38.2 Å². The number of hydrogen-bond acceptors (Lipinski definition) is 2. The molecule has 0 spiro atoms. The van der Waals surface area contributed by atoms with Crippen molar-refractivity contribution in [2.75, 3.05) is 6.54 Å². The maximum Gasteiger partial charge on any atom is 0.323 e. The lowest BCUT2D eigenvalue weighted by atomic mass is 9.93. The minimum Gasteiger partial charge on any atom is -0.310 e. The Morgan fingerprint density at radius 1 is 1.26 bits per heavy atom. The van der Waals surface area contributed by atoms with Gasteiger partial charge in [-0.1, -0.05) is 24.6 Å². The van der Waals surface area contributed by atoms with Crippen molar-refractivity contribution in [2.24, 2.45) is 0 Å². The van der Waals surface area contributed by atoms with Crippen LogP contribution >= 0.6 is 0 Å². The zero-order valence-electron chi connectivity index (χ0n) is 12.0. The van der Waals surface area contributed by atoms with Crippen molar-refractivity contribution < 1.29 is 4.79 Å². The van der Waals surface area contributed by atoms with E-state index in [-0.39, 0.29) is 17.9 Å². The molecule has 0 aromatic heterocycles. The van der Waals surface area contributed by atoms with Crippen molar-refractivity contribution in [1.82, 2.24) is 10.2 Å². The summed E-state index contributed by atoms with van der Waals surface area (Å²) >= 11 is 0. The number of amides is 2. The lowest BCUT2D eigenvalue weighted by molar-refractivity contribution is 0.205. The molecule has 1 atom stereocenters. The third kappa shape index (κ3) is 2.35. The molecular formula is C15H21N3O. The largest absolute Gasteiger partial charge is 0.323 e. The number of aryl methyl sites for hydroxylation is 3. The molecule has 2 rings (SSSR count). The number of nitrogens with zero attached hydrogens (tertiary/aromatic N) is 1. The summed E-state index contributed by atoms with van der Waals surface area (Å²) in [6.45, 7) is 8.88. The topological polar surface area (TPSA) is 56.2 Å². The van der Waals surface area contributed by atoms with Crippen molar-refractivity contribution in [3.63, 3.8) is 0 Å². The Morgan fingerprint density at radius 3 is 2.37 bits per heavy atom. The maximum absolute atomic E-state index is 11.9. The first-order valence-corrected chi connectivity index (χ1v) is 6.69. The van der Waals surface area contributed by atoms with E-state index in [4.69, 9.17) is 5.41 Å². The third-order valence-corrected chi connectivity index (χ3v) is 3.56. The molecule has 1 fully saturated rings. The Balaban J connectivity index is 2.50. The van der Waals surface area contributed by atoms with Crippen LogP contribution in [0.25, 0.3) is 0 Å². The molecule has 1 aliphatic heterocycles. The first kappa shape index (κ1) is 13.6. The summed E-state index contributed by atoms with van der Waals surface area (Å²) in [5, 5.41) is 10.7. The smallest absolute Gasteiger partial charge is 0.310 e. The van der Waals surface area contributed by atoms with Crippen LogP contribution in [0.15, 0.2) is 12.1 Å². The molecule has 2 N–H and O–H groups in total. The van der Waals surface area contributed by atoms with Crippen LogP contribution in [0.3, 0.4) is 0 Å². The van der Waals surface area contributed by atoms with E-state index in [1.165, 1.54) is 5.56 Å². The number of carbonyl (C=O) groups excluding carboxylic acids is 1. The fourth-order valence-electron chi connectivity index (χ4n) is 2.92. The minimum absolute atomic E-state index is 0.156. The summed E-state index contributed by atoms with van der Waals surface area (Å²) in [5.74, 6) is 0.286. The van der Waals surface area contributed by atoms with Gasteiger partial charge in [0.1, 0.15) is 11.9 Å². The van der Waals surface area contributed by atoms with Gasteiger partial charge in [0.2, 0.25) is 0 Å². The third-order valence-electron chi connectivity index (χ3n) is 3.56. The molecule has 1 saturated heterocycles. The second-order valence-corrected chi connectivity index (χ2v) is 5.25. The number of amidine groups is 1. The van der Waals surface area contributed by atoms with Crippen molar-refractivity contribution in [3.8, 4) is 0 Å². The maximum atomic E-state index is 11.9. The van der Waals surface area contributed by atoms with Crippen LogP contribution in [0.5, 0.6) is 0 Å². The molecule has 1 aromatic rings. The molecule has 0 bridgehead atoms. The van der Waals surface area contributed by atoms with E-state index in [0.29, 0.717) is 6.54 Å². The Morgan fingerprint density at radius 2 is 1.84 bits per heavy atom. The molecule has 19 heavy (non-hydrogen) atoms. The van der Waals surface area contributed by atoms with Gasteiger partial charge in [-0.05, 0) is 43.9 Å². The van der Waals surface area contributed by atoms with E-state index >= 15 is 0 Å². The quantitative estimate of drug-likeness (QED) is 0.861. The number of hydrogen-bond donors (Lipinski definition) is 2. The number of nitrogens with one attached hydrogen (secondary N) is 2. The predicted molar refractivity (Wildman–Crippen MR) is 76.6 cm³/mol. The normalized spacial score (nSPS) is 18.9. The summed E-state index contributed by atoms with van der Waals surface area (Å²) in [6.07, 6.45) is 0.890. The van der Waals surface area contributed by atoms with Gasteiger partial charge in [0.05, 0.1) is 0 Å². The molecule has 1 aliphatic rings.